The number of fused-ring (bicyclic) bond motifs is 1. The van der Waals surface area contributed by atoms with Gasteiger partial charge in [-0.2, -0.15) is 10.1 Å². The second-order valence-electron chi connectivity index (χ2n) is 11.0. The summed E-state index contributed by atoms with van der Waals surface area (Å²) in [4.78, 5) is 27.4. The van der Waals surface area contributed by atoms with Crippen LogP contribution in [0.5, 0.6) is 5.75 Å². The van der Waals surface area contributed by atoms with Crippen LogP contribution in [-0.2, 0) is 16.2 Å². The minimum absolute atomic E-state index is 0.132. The topological polar surface area (TPSA) is 59.0 Å². The molecule has 4 aliphatic rings. The molecule has 1 fully saturated rings. The fraction of sp³-hybridized carbons (Fsp3) is 0.139. The van der Waals surface area contributed by atoms with E-state index < -0.39 is 11.8 Å². The lowest BCUT2D eigenvalue weighted by molar-refractivity contribution is -0.139. The fourth-order valence-electron chi connectivity index (χ4n) is 7.13. The van der Waals surface area contributed by atoms with Gasteiger partial charge in [-0.15, -0.1) is 0 Å². The highest BCUT2D eigenvalue weighted by atomic mass is 16.5. The minimum atomic E-state index is -0.431. The maximum absolute atomic E-state index is 13.7. The maximum atomic E-state index is 13.7. The molecule has 9 rings (SSSR count). The van der Waals surface area contributed by atoms with Crippen LogP contribution in [0.2, 0.25) is 0 Å². The molecule has 198 valence electrons. The van der Waals surface area contributed by atoms with E-state index in [9.17, 15) is 9.59 Å². The van der Waals surface area contributed by atoms with Crippen molar-refractivity contribution in [2.24, 2.45) is 16.9 Å². The molecule has 1 aliphatic heterocycles. The minimum Gasteiger partial charge on any atom is -0.489 e. The summed E-state index contributed by atoms with van der Waals surface area (Å²) >= 11 is 0. The van der Waals surface area contributed by atoms with Crippen molar-refractivity contribution in [1.82, 2.24) is 5.01 Å². The van der Waals surface area contributed by atoms with Gasteiger partial charge in [-0.1, -0.05) is 91.0 Å². The monoisotopic (exact) mass is 534 g/mol. The van der Waals surface area contributed by atoms with E-state index in [1.165, 1.54) is 10.8 Å². The second kappa shape index (κ2) is 9.27. The number of nitrogens with zero attached hydrogens (tertiary/aromatic N) is 2. The third-order valence-electron chi connectivity index (χ3n) is 8.90. The van der Waals surface area contributed by atoms with Crippen LogP contribution in [-0.4, -0.2) is 23.0 Å². The van der Waals surface area contributed by atoms with E-state index in [2.05, 4.69) is 53.6 Å². The Morgan fingerprint density at radius 2 is 1.17 bits per heavy atom. The number of carbonyl (C=O) groups excluding carboxylic acids is 2. The van der Waals surface area contributed by atoms with Crippen molar-refractivity contribution in [3.63, 3.8) is 0 Å². The first-order chi connectivity index (χ1) is 20.2. The van der Waals surface area contributed by atoms with Gasteiger partial charge in [0.15, 0.2) is 0 Å². The second-order valence-corrected chi connectivity index (χ2v) is 11.0. The highest BCUT2D eigenvalue weighted by Crippen LogP contribution is 2.60. The van der Waals surface area contributed by atoms with Crippen molar-refractivity contribution >= 4 is 28.8 Å². The number of rotatable bonds is 5. The highest BCUT2D eigenvalue weighted by Gasteiger charge is 2.61. The molecule has 0 spiro atoms. The van der Waals surface area contributed by atoms with Crippen LogP contribution in [0.1, 0.15) is 45.2 Å². The Morgan fingerprint density at radius 1 is 0.634 bits per heavy atom. The molecule has 5 nitrogen and oxygen atoms in total. The summed E-state index contributed by atoms with van der Waals surface area (Å²) in [5, 5.41) is 7.90. The molecule has 0 radical (unpaired) electrons. The van der Waals surface area contributed by atoms with Crippen LogP contribution in [0.25, 0.3) is 10.8 Å². The molecular weight excluding hydrogens is 508 g/mol. The van der Waals surface area contributed by atoms with E-state index >= 15 is 0 Å². The van der Waals surface area contributed by atoms with Gasteiger partial charge >= 0.3 is 0 Å². The normalized spacial score (nSPS) is 22.2. The SMILES string of the molecule is O=C1C2C3c4ccccc4C(c4ccccc43)C2C(=O)N1/N=C/c1ccc(OCc2cccc3ccccc23)cc1. The van der Waals surface area contributed by atoms with Gasteiger partial charge < -0.3 is 4.74 Å². The molecule has 2 bridgehead atoms. The largest absolute Gasteiger partial charge is 0.489 e. The Morgan fingerprint density at radius 3 is 1.78 bits per heavy atom. The van der Waals surface area contributed by atoms with Crippen molar-refractivity contribution in [3.8, 4) is 5.75 Å². The lowest BCUT2D eigenvalue weighted by Gasteiger charge is -2.45. The number of hydrazone groups is 1. The quantitative estimate of drug-likeness (QED) is 0.188. The summed E-state index contributed by atoms with van der Waals surface area (Å²) < 4.78 is 6.06. The number of imide groups is 1. The van der Waals surface area contributed by atoms with E-state index in [1.54, 1.807) is 6.21 Å². The predicted molar refractivity (Wildman–Crippen MR) is 158 cm³/mol. The zero-order valence-electron chi connectivity index (χ0n) is 22.2. The van der Waals surface area contributed by atoms with Gasteiger partial charge in [0.1, 0.15) is 12.4 Å². The zero-order valence-corrected chi connectivity index (χ0v) is 22.2. The Hall–Kier alpha value is -5.03. The average Bonchev–Trinajstić information content (AvgIpc) is 3.28. The zero-order chi connectivity index (χ0) is 27.5. The Kier molecular flexibility index (Phi) is 5.39. The number of hydrogen-bond donors (Lipinski definition) is 0. The third kappa shape index (κ3) is 3.66. The van der Waals surface area contributed by atoms with E-state index in [1.807, 2.05) is 66.7 Å². The number of ether oxygens (including phenoxy) is 1. The molecule has 2 atom stereocenters. The van der Waals surface area contributed by atoms with Gasteiger partial charge in [0.2, 0.25) is 0 Å². The summed E-state index contributed by atoms with van der Waals surface area (Å²) in [6.45, 7) is 0.460. The van der Waals surface area contributed by atoms with Crippen molar-refractivity contribution in [2.45, 2.75) is 18.4 Å². The van der Waals surface area contributed by atoms with E-state index in [0.717, 1.165) is 44.1 Å². The van der Waals surface area contributed by atoms with E-state index in [-0.39, 0.29) is 23.7 Å². The third-order valence-corrected chi connectivity index (χ3v) is 8.90. The van der Waals surface area contributed by atoms with Gasteiger partial charge in [-0.3, -0.25) is 9.59 Å². The van der Waals surface area contributed by atoms with Crippen LogP contribution >= 0.6 is 0 Å². The van der Waals surface area contributed by atoms with Crippen LogP contribution in [0.3, 0.4) is 0 Å². The first-order valence-electron chi connectivity index (χ1n) is 14.0. The fourth-order valence-corrected chi connectivity index (χ4v) is 7.13. The van der Waals surface area contributed by atoms with Gasteiger partial charge in [-0.25, -0.2) is 0 Å². The van der Waals surface area contributed by atoms with Crippen LogP contribution in [0, 0.1) is 11.8 Å². The molecule has 2 amide bonds. The molecular formula is C36H26N2O3. The van der Waals surface area contributed by atoms with Crippen molar-refractivity contribution in [1.29, 1.82) is 0 Å². The van der Waals surface area contributed by atoms with Crippen molar-refractivity contribution in [3.05, 3.63) is 149 Å². The molecule has 1 heterocycles. The van der Waals surface area contributed by atoms with Gasteiger partial charge in [0.25, 0.3) is 11.8 Å². The standard InChI is InChI=1S/C36H26N2O3/c39-35-33-31-27-12-3-4-13-28(27)32(30-15-6-5-14-29(30)31)34(33)36(40)38(35)37-20-22-16-18-25(19-17-22)41-21-24-10-7-9-23-8-1-2-11-26(23)24/h1-20,31-34H,21H2/b37-20+. The number of benzene rings is 5. The molecule has 1 saturated heterocycles. The molecule has 5 aromatic carbocycles. The number of hydrogen-bond acceptors (Lipinski definition) is 4. The molecule has 0 N–H and O–H groups in total. The number of carbonyl (C=O) groups is 2. The summed E-state index contributed by atoms with van der Waals surface area (Å²) in [6, 6.07) is 38.5. The molecule has 41 heavy (non-hydrogen) atoms. The molecule has 5 aromatic rings. The van der Waals surface area contributed by atoms with Crippen LogP contribution < -0.4 is 4.74 Å². The molecule has 2 unspecified atom stereocenters. The lowest BCUT2D eigenvalue weighted by atomic mass is 9.55. The number of amides is 2. The smallest absolute Gasteiger partial charge is 0.254 e. The summed E-state index contributed by atoms with van der Waals surface area (Å²) in [5.74, 6) is -0.824. The first-order valence-corrected chi connectivity index (χ1v) is 14.0. The molecule has 0 saturated carbocycles. The van der Waals surface area contributed by atoms with Gasteiger partial charge in [-0.05, 0) is 68.4 Å². The summed E-state index contributed by atoms with van der Waals surface area (Å²) in [7, 11) is 0. The lowest BCUT2D eigenvalue weighted by Crippen LogP contribution is -2.41. The van der Waals surface area contributed by atoms with Crippen molar-refractivity contribution in [2.75, 3.05) is 0 Å². The maximum Gasteiger partial charge on any atom is 0.254 e. The van der Waals surface area contributed by atoms with Crippen molar-refractivity contribution < 1.29 is 14.3 Å². The van der Waals surface area contributed by atoms with Gasteiger partial charge in [0, 0.05) is 11.8 Å². The summed E-state index contributed by atoms with van der Waals surface area (Å²) in [5.41, 5.74) is 6.53. The first kappa shape index (κ1) is 23.8. The predicted octanol–water partition coefficient (Wildman–Crippen LogP) is 6.64. The Balaban J connectivity index is 1.02. The van der Waals surface area contributed by atoms with Crippen LogP contribution in [0.4, 0.5) is 0 Å². The van der Waals surface area contributed by atoms with E-state index in [0.29, 0.717) is 6.61 Å². The van der Waals surface area contributed by atoms with Crippen LogP contribution in [0.15, 0.2) is 120 Å². The average molecular weight is 535 g/mol. The summed E-state index contributed by atoms with van der Waals surface area (Å²) in [6.07, 6.45) is 1.59. The highest BCUT2D eigenvalue weighted by molar-refractivity contribution is 6.08. The molecule has 3 aliphatic carbocycles. The Labute approximate surface area is 237 Å². The van der Waals surface area contributed by atoms with Gasteiger partial charge in [0.05, 0.1) is 18.1 Å². The Bertz CT molecular complexity index is 1760. The molecule has 5 heteroatoms. The van der Waals surface area contributed by atoms with E-state index in [4.69, 9.17) is 4.74 Å². The molecule has 0 aromatic heterocycles.